The maximum absolute atomic E-state index is 14.6. The number of rotatable bonds is 16. The second kappa shape index (κ2) is 13.4. The van der Waals surface area contributed by atoms with E-state index < -0.39 is 49.5 Å². The number of aryl methyl sites for hydroxylation is 1. The number of unbranched alkanes of at least 4 members (excludes halogenated alkanes) is 1. The summed E-state index contributed by atoms with van der Waals surface area (Å²) in [5.41, 5.74) is 0.839. The predicted molar refractivity (Wildman–Crippen MR) is 157 cm³/mol. The smallest absolute Gasteiger partial charge is 0.303 e. The average molecular weight is 643 g/mol. The van der Waals surface area contributed by atoms with Crippen molar-refractivity contribution in [3.8, 4) is 17.2 Å². The molecule has 232 valence electrons. The van der Waals surface area contributed by atoms with Crippen molar-refractivity contribution in [1.29, 1.82) is 0 Å². The Bertz CT molecular complexity index is 1500. The second-order valence-electron chi connectivity index (χ2n) is 9.97. The maximum atomic E-state index is 14.6. The quantitative estimate of drug-likeness (QED) is 0.0934. The molecule has 0 unspecified atom stereocenters. The van der Waals surface area contributed by atoms with Gasteiger partial charge in [-0.3, -0.25) is 9.59 Å². The number of hydrogen-bond acceptors (Lipinski definition) is 7. The van der Waals surface area contributed by atoms with E-state index in [2.05, 4.69) is 0 Å². The highest BCUT2D eigenvalue weighted by Gasteiger charge is 2.35. The van der Waals surface area contributed by atoms with Crippen molar-refractivity contribution in [3.05, 3.63) is 51.7 Å². The van der Waals surface area contributed by atoms with Gasteiger partial charge in [-0.15, -0.1) is 22.7 Å². The van der Waals surface area contributed by atoms with Crippen LogP contribution in [0, 0.1) is 0 Å². The second-order valence-corrected chi connectivity index (χ2v) is 12.1. The molecule has 0 saturated heterocycles. The summed E-state index contributed by atoms with van der Waals surface area (Å²) < 4.78 is 76.2. The zero-order valence-corrected chi connectivity index (χ0v) is 25.0. The van der Waals surface area contributed by atoms with Crippen LogP contribution < -0.4 is 14.2 Å². The van der Waals surface area contributed by atoms with E-state index in [-0.39, 0.29) is 9.75 Å². The van der Waals surface area contributed by atoms with Crippen LogP contribution >= 0.6 is 22.7 Å². The van der Waals surface area contributed by atoms with E-state index in [4.69, 9.17) is 24.4 Å². The van der Waals surface area contributed by atoms with Gasteiger partial charge in [0.25, 0.3) is 11.8 Å². The summed E-state index contributed by atoms with van der Waals surface area (Å²) in [5, 5.41) is 18.7. The molecular formula is C30H30F4O7S2. The van der Waals surface area contributed by atoms with Crippen molar-refractivity contribution in [3.63, 3.8) is 0 Å². The molecule has 0 aliphatic heterocycles. The molecule has 2 N–H and O–H groups in total. The highest BCUT2D eigenvalue weighted by Crippen LogP contribution is 2.44. The molecule has 2 aromatic heterocycles. The molecule has 4 rings (SSSR count). The summed E-state index contributed by atoms with van der Waals surface area (Å²) >= 11 is 1.81. The molecule has 13 heteroatoms. The molecular weight excluding hydrogens is 612 g/mol. The summed E-state index contributed by atoms with van der Waals surface area (Å²) in [5.74, 6) is -7.74. The fourth-order valence-electron chi connectivity index (χ4n) is 4.55. The Morgan fingerprint density at radius 1 is 0.721 bits per heavy atom. The molecule has 7 nitrogen and oxygen atoms in total. The Morgan fingerprint density at radius 3 is 1.74 bits per heavy atom. The average Bonchev–Trinajstić information content (AvgIpc) is 3.58. The van der Waals surface area contributed by atoms with Gasteiger partial charge in [-0.1, -0.05) is 0 Å². The van der Waals surface area contributed by atoms with Crippen molar-refractivity contribution >= 4 is 54.8 Å². The number of carboxylic acid groups (broad SMARTS) is 2. The van der Waals surface area contributed by atoms with Gasteiger partial charge < -0.3 is 24.4 Å². The fourth-order valence-corrected chi connectivity index (χ4v) is 6.73. The molecule has 0 fully saturated rings. The van der Waals surface area contributed by atoms with Crippen LogP contribution in [0.2, 0.25) is 0 Å². The van der Waals surface area contributed by atoms with Gasteiger partial charge in [0, 0.05) is 28.3 Å². The minimum absolute atomic E-state index is 0.191. The molecule has 0 aliphatic rings. The van der Waals surface area contributed by atoms with E-state index in [9.17, 15) is 27.2 Å². The van der Waals surface area contributed by atoms with Crippen LogP contribution in [-0.4, -0.2) is 43.0 Å². The van der Waals surface area contributed by atoms with Gasteiger partial charge in [-0.05, 0) is 65.9 Å². The van der Waals surface area contributed by atoms with Crippen LogP contribution in [0.1, 0.15) is 53.8 Å². The fraction of sp³-hybridized carbons (Fsp3) is 0.400. The van der Waals surface area contributed by atoms with Gasteiger partial charge in [0.1, 0.15) is 5.75 Å². The summed E-state index contributed by atoms with van der Waals surface area (Å²) in [7, 11) is 2.95. The number of benzene rings is 2. The van der Waals surface area contributed by atoms with Crippen LogP contribution in [0.4, 0.5) is 17.6 Å². The van der Waals surface area contributed by atoms with Crippen molar-refractivity contribution in [2.75, 3.05) is 20.8 Å². The normalized spacial score (nSPS) is 12.1. The van der Waals surface area contributed by atoms with Gasteiger partial charge in [-0.2, -0.15) is 0 Å². The molecule has 0 saturated carbocycles. The first-order valence-electron chi connectivity index (χ1n) is 13.4. The minimum Gasteiger partial charge on any atom is -0.496 e. The highest BCUT2D eigenvalue weighted by atomic mass is 32.1. The Balaban J connectivity index is 1.39. The Hall–Kier alpha value is -3.58. The number of ether oxygens (including phenoxy) is 3. The van der Waals surface area contributed by atoms with Crippen molar-refractivity contribution in [2.24, 2.45) is 0 Å². The number of fused-ring (bicyclic) bond motifs is 2. The molecule has 43 heavy (non-hydrogen) atoms. The number of alkyl halides is 4. The topological polar surface area (TPSA) is 102 Å². The van der Waals surface area contributed by atoms with Crippen LogP contribution in [0.15, 0.2) is 36.4 Å². The Labute approximate surface area is 252 Å². The van der Waals surface area contributed by atoms with E-state index in [1.54, 1.807) is 18.2 Å². The third-order valence-corrected chi connectivity index (χ3v) is 9.27. The zero-order chi connectivity index (χ0) is 31.4. The molecule has 2 heterocycles. The first-order chi connectivity index (χ1) is 20.3. The Kier molecular flexibility index (Phi) is 10.1. The molecule has 0 bridgehead atoms. The molecule has 0 spiro atoms. The molecule has 0 atom stereocenters. The lowest BCUT2D eigenvalue weighted by atomic mass is 10.0. The number of hydrogen-bond donors (Lipinski definition) is 2. The first kappa shape index (κ1) is 32.3. The lowest BCUT2D eigenvalue weighted by Crippen LogP contribution is -2.13. The number of halogens is 4. The predicted octanol–water partition coefficient (Wildman–Crippen LogP) is 8.45. The molecule has 4 aromatic rings. The summed E-state index contributed by atoms with van der Waals surface area (Å²) in [6, 6.07) is 9.47. The minimum atomic E-state index is -3.27. The van der Waals surface area contributed by atoms with E-state index in [1.807, 2.05) is 6.07 Å². The number of carboxylic acids is 2. The van der Waals surface area contributed by atoms with Crippen molar-refractivity contribution < 1.29 is 51.6 Å². The van der Waals surface area contributed by atoms with Crippen LogP contribution in [0.25, 0.3) is 20.2 Å². The van der Waals surface area contributed by atoms with Crippen LogP contribution in [-0.2, 0) is 27.9 Å². The van der Waals surface area contributed by atoms with Gasteiger partial charge in [-0.25, -0.2) is 17.6 Å². The highest BCUT2D eigenvalue weighted by molar-refractivity contribution is 7.19. The third-order valence-electron chi connectivity index (χ3n) is 6.85. The molecule has 0 aliphatic carbocycles. The SMILES string of the molecule is COc1cc2cc(C(F)(F)CCC(=O)O)sc2cc1CCCCOc1cc2sc(C(F)(F)CCC(=O)O)cc2cc1OC. The largest absolute Gasteiger partial charge is 0.496 e. The number of carbonyl (C=O) groups is 2. The molecule has 2 aromatic carbocycles. The first-order valence-corrected chi connectivity index (χ1v) is 15.0. The monoisotopic (exact) mass is 642 g/mol. The van der Waals surface area contributed by atoms with Crippen LogP contribution in [0.3, 0.4) is 0 Å². The molecule has 0 amide bonds. The van der Waals surface area contributed by atoms with Gasteiger partial charge in [0.15, 0.2) is 11.5 Å². The standard InChI is InChI=1S/C30H30F4O7S2/c1-39-20-11-18-14-25(29(31,32)8-6-27(35)36)42-23(18)13-17(20)5-3-4-10-41-22-16-24-19(12-21(22)40-2)15-26(43-24)30(33,34)9-7-28(37)38/h11-16H,3-10H2,1-2H3,(H,35,36)(H,37,38). The van der Waals surface area contributed by atoms with E-state index in [0.717, 1.165) is 28.2 Å². The number of aliphatic carboxylic acids is 2. The zero-order valence-electron chi connectivity index (χ0n) is 23.4. The number of methoxy groups -OCH3 is 2. The summed E-state index contributed by atoms with van der Waals surface area (Å²) in [6.45, 7) is 0.304. The van der Waals surface area contributed by atoms with E-state index in [0.29, 0.717) is 63.3 Å². The summed E-state index contributed by atoms with van der Waals surface area (Å²) in [4.78, 5) is 21.1. The van der Waals surface area contributed by atoms with Gasteiger partial charge in [0.05, 0.1) is 43.4 Å². The summed E-state index contributed by atoms with van der Waals surface area (Å²) in [6.07, 6.45) is -0.953. The lowest BCUT2D eigenvalue weighted by Gasteiger charge is -2.12. The van der Waals surface area contributed by atoms with E-state index in [1.165, 1.54) is 26.4 Å². The van der Waals surface area contributed by atoms with Gasteiger partial charge in [0.2, 0.25) is 0 Å². The lowest BCUT2D eigenvalue weighted by molar-refractivity contribution is -0.140. The van der Waals surface area contributed by atoms with Gasteiger partial charge >= 0.3 is 11.9 Å². The van der Waals surface area contributed by atoms with Crippen molar-refractivity contribution in [2.45, 2.75) is 56.8 Å². The number of thiophene rings is 2. The molecule has 0 radical (unpaired) electrons. The third kappa shape index (κ3) is 7.88. The van der Waals surface area contributed by atoms with Crippen molar-refractivity contribution in [1.82, 2.24) is 0 Å². The Morgan fingerprint density at radius 2 is 1.23 bits per heavy atom. The van der Waals surface area contributed by atoms with E-state index >= 15 is 0 Å². The maximum Gasteiger partial charge on any atom is 0.303 e. The van der Waals surface area contributed by atoms with Crippen LogP contribution in [0.5, 0.6) is 17.2 Å².